The van der Waals surface area contributed by atoms with Crippen LogP contribution in [-0.2, 0) is 10.2 Å². The van der Waals surface area contributed by atoms with Crippen LogP contribution >= 0.6 is 0 Å². The highest BCUT2D eigenvalue weighted by atomic mass is 16.4. The number of aliphatic carboxylic acids is 1. The van der Waals surface area contributed by atoms with E-state index in [0.717, 1.165) is 18.7 Å². The average Bonchev–Trinajstić information content (AvgIpc) is 2.23. The molecule has 0 unspecified atom stereocenters. The number of rotatable bonds is 4. The molecule has 1 N–H and O–H groups in total. The quantitative estimate of drug-likeness (QED) is 0.888. The lowest BCUT2D eigenvalue weighted by molar-refractivity contribution is -0.138. The zero-order valence-corrected chi connectivity index (χ0v) is 11.3. The van der Waals surface area contributed by atoms with Crippen LogP contribution in [0.15, 0.2) is 24.3 Å². The van der Waals surface area contributed by atoms with Gasteiger partial charge in [0.15, 0.2) is 0 Å². The van der Waals surface area contributed by atoms with Gasteiger partial charge in [0.1, 0.15) is 0 Å². The van der Waals surface area contributed by atoms with Crippen LogP contribution in [0.4, 0.5) is 0 Å². The lowest BCUT2D eigenvalue weighted by atomic mass is 9.79. The SMILES string of the molecule is CN1CC(c2cccc(C(C)(C)CC(=O)O)c2)C1. The third kappa shape index (κ3) is 2.72. The third-order valence-corrected chi connectivity index (χ3v) is 3.80. The highest BCUT2D eigenvalue weighted by Crippen LogP contribution is 2.31. The Morgan fingerprint density at radius 1 is 1.44 bits per heavy atom. The van der Waals surface area contributed by atoms with Crippen LogP contribution in [-0.4, -0.2) is 36.1 Å². The molecular formula is C15H21NO2. The molecule has 0 aromatic heterocycles. The van der Waals surface area contributed by atoms with Crippen molar-refractivity contribution in [1.29, 1.82) is 0 Å². The Balaban J connectivity index is 2.18. The number of carboxylic acids is 1. The molecule has 1 aliphatic rings. The summed E-state index contributed by atoms with van der Waals surface area (Å²) < 4.78 is 0. The van der Waals surface area contributed by atoms with E-state index in [1.165, 1.54) is 5.56 Å². The molecule has 1 fully saturated rings. The second-order valence-corrected chi connectivity index (χ2v) is 6.00. The van der Waals surface area contributed by atoms with Gasteiger partial charge in [-0.3, -0.25) is 4.79 Å². The molecule has 1 heterocycles. The Bertz CT molecular complexity index is 448. The van der Waals surface area contributed by atoms with E-state index in [9.17, 15) is 4.79 Å². The molecule has 1 aromatic rings. The monoisotopic (exact) mass is 247 g/mol. The van der Waals surface area contributed by atoms with E-state index in [0.29, 0.717) is 5.92 Å². The van der Waals surface area contributed by atoms with Crippen molar-refractivity contribution in [2.24, 2.45) is 0 Å². The Hall–Kier alpha value is -1.35. The van der Waals surface area contributed by atoms with Crippen LogP contribution in [0.2, 0.25) is 0 Å². The molecule has 2 rings (SSSR count). The fourth-order valence-electron chi connectivity index (χ4n) is 2.60. The van der Waals surface area contributed by atoms with Crippen molar-refractivity contribution in [3.05, 3.63) is 35.4 Å². The summed E-state index contributed by atoms with van der Waals surface area (Å²) in [4.78, 5) is 13.2. The van der Waals surface area contributed by atoms with Crippen LogP contribution < -0.4 is 0 Å². The molecule has 0 aliphatic carbocycles. The van der Waals surface area contributed by atoms with Gasteiger partial charge in [-0.15, -0.1) is 0 Å². The smallest absolute Gasteiger partial charge is 0.304 e. The van der Waals surface area contributed by atoms with Gasteiger partial charge >= 0.3 is 5.97 Å². The van der Waals surface area contributed by atoms with Crippen LogP contribution in [0.1, 0.15) is 37.3 Å². The van der Waals surface area contributed by atoms with E-state index < -0.39 is 5.97 Å². The number of hydrogen-bond donors (Lipinski definition) is 1. The summed E-state index contributed by atoms with van der Waals surface area (Å²) >= 11 is 0. The van der Waals surface area contributed by atoms with Crippen molar-refractivity contribution in [2.45, 2.75) is 31.6 Å². The van der Waals surface area contributed by atoms with Crippen LogP contribution in [0.5, 0.6) is 0 Å². The molecule has 0 spiro atoms. The van der Waals surface area contributed by atoms with Gasteiger partial charge < -0.3 is 10.0 Å². The molecule has 1 aliphatic heterocycles. The molecule has 1 saturated heterocycles. The van der Waals surface area contributed by atoms with Gasteiger partial charge in [-0.25, -0.2) is 0 Å². The van der Waals surface area contributed by atoms with Crippen LogP contribution in [0.3, 0.4) is 0 Å². The lowest BCUT2D eigenvalue weighted by Gasteiger charge is -2.37. The first kappa shape index (κ1) is 13.1. The summed E-state index contributed by atoms with van der Waals surface area (Å²) in [6.45, 7) is 6.19. The number of benzene rings is 1. The summed E-state index contributed by atoms with van der Waals surface area (Å²) in [6, 6.07) is 8.42. The predicted molar refractivity (Wildman–Crippen MR) is 72.0 cm³/mol. The molecule has 3 heteroatoms. The minimum Gasteiger partial charge on any atom is -0.481 e. The van der Waals surface area contributed by atoms with E-state index >= 15 is 0 Å². The van der Waals surface area contributed by atoms with Crippen molar-refractivity contribution in [2.75, 3.05) is 20.1 Å². The van der Waals surface area contributed by atoms with Gasteiger partial charge in [0, 0.05) is 24.4 Å². The third-order valence-electron chi connectivity index (χ3n) is 3.80. The van der Waals surface area contributed by atoms with Crippen molar-refractivity contribution < 1.29 is 9.90 Å². The Morgan fingerprint density at radius 2 is 2.11 bits per heavy atom. The van der Waals surface area contributed by atoms with Crippen molar-refractivity contribution in [3.63, 3.8) is 0 Å². The summed E-state index contributed by atoms with van der Waals surface area (Å²) in [6.07, 6.45) is 0.168. The maximum Gasteiger partial charge on any atom is 0.304 e. The minimum atomic E-state index is -0.742. The molecule has 0 saturated carbocycles. The number of carboxylic acid groups (broad SMARTS) is 1. The largest absolute Gasteiger partial charge is 0.481 e. The molecule has 0 bridgehead atoms. The predicted octanol–water partition coefficient (Wildman–Crippen LogP) is 2.47. The maximum absolute atomic E-state index is 10.9. The highest BCUT2D eigenvalue weighted by molar-refractivity contribution is 5.68. The Morgan fingerprint density at radius 3 is 2.67 bits per heavy atom. The number of nitrogens with zero attached hydrogens (tertiary/aromatic N) is 1. The maximum atomic E-state index is 10.9. The number of likely N-dealkylation sites (N-methyl/N-ethyl adjacent to an activating group) is 1. The van der Waals surface area contributed by atoms with Crippen molar-refractivity contribution >= 4 is 5.97 Å². The van der Waals surface area contributed by atoms with Gasteiger partial charge in [0.25, 0.3) is 0 Å². The topological polar surface area (TPSA) is 40.5 Å². The first-order valence-electron chi connectivity index (χ1n) is 6.39. The van der Waals surface area contributed by atoms with Gasteiger partial charge in [-0.1, -0.05) is 38.1 Å². The standard InChI is InChI=1S/C15H21NO2/c1-15(2,8-14(17)18)13-6-4-5-11(7-13)12-9-16(3)10-12/h4-7,12H,8-10H2,1-3H3,(H,17,18). The highest BCUT2D eigenvalue weighted by Gasteiger charge is 2.28. The second-order valence-electron chi connectivity index (χ2n) is 6.00. The normalized spacial score (nSPS) is 17.5. The number of carbonyl (C=O) groups is 1. The van der Waals surface area contributed by atoms with Gasteiger partial charge in [0.05, 0.1) is 6.42 Å². The molecule has 0 radical (unpaired) electrons. The number of likely N-dealkylation sites (tertiary alicyclic amines) is 1. The molecule has 0 atom stereocenters. The molecule has 18 heavy (non-hydrogen) atoms. The first-order valence-corrected chi connectivity index (χ1v) is 6.39. The van der Waals surface area contributed by atoms with E-state index in [4.69, 9.17) is 5.11 Å². The Kier molecular flexibility index (Phi) is 3.44. The lowest BCUT2D eigenvalue weighted by Crippen LogP contribution is -2.41. The summed E-state index contributed by atoms with van der Waals surface area (Å²) in [5.41, 5.74) is 2.15. The first-order chi connectivity index (χ1) is 8.38. The van der Waals surface area contributed by atoms with Crippen LogP contribution in [0, 0.1) is 0 Å². The minimum absolute atomic E-state index is 0.168. The summed E-state index contributed by atoms with van der Waals surface area (Å²) in [5, 5.41) is 8.97. The summed E-state index contributed by atoms with van der Waals surface area (Å²) in [7, 11) is 2.12. The molecule has 1 aromatic carbocycles. The molecular weight excluding hydrogens is 226 g/mol. The average molecular weight is 247 g/mol. The fourth-order valence-corrected chi connectivity index (χ4v) is 2.60. The van der Waals surface area contributed by atoms with Crippen molar-refractivity contribution in [1.82, 2.24) is 4.90 Å². The second kappa shape index (κ2) is 4.73. The summed E-state index contributed by atoms with van der Waals surface area (Å²) in [5.74, 6) is -0.135. The zero-order chi connectivity index (χ0) is 13.3. The van der Waals surface area contributed by atoms with Gasteiger partial charge in [-0.05, 0) is 18.2 Å². The molecule has 98 valence electrons. The van der Waals surface area contributed by atoms with Crippen molar-refractivity contribution in [3.8, 4) is 0 Å². The van der Waals surface area contributed by atoms with E-state index in [-0.39, 0.29) is 11.8 Å². The molecule has 3 nitrogen and oxygen atoms in total. The zero-order valence-electron chi connectivity index (χ0n) is 11.3. The molecule has 0 amide bonds. The fraction of sp³-hybridized carbons (Fsp3) is 0.533. The van der Waals surface area contributed by atoms with Gasteiger partial charge in [-0.2, -0.15) is 0 Å². The van der Waals surface area contributed by atoms with E-state index in [1.807, 2.05) is 26.0 Å². The Labute approximate surface area is 108 Å². The number of hydrogen-bond acceptors (Lipinski definition) is 2. The van der Waals surface area contributed by atoms with Crippen LogP contribution in [0.25, 0.3) is 0 Å². The van der Waals surface area contributed by atoms with E-state index in [2.05, 4.69) is 24.1 Å². The van der Waals surface area contributed by atoms with E-state index in [1.54, 1.807) is 0 Å². The van der Waals surface area contributed by atoms with Gasteiger partial charge in [0.2, 0.25) is 0 Å².